The highest BCUT2D eigenvalue weighted by atomic mass is 79.9. The molecule has 0 aliphatic heterocycles. The fraction of sp³-hybridized carbons (Fsp3) is 0.280. The van der Waals surface area contributed by atoms with Gasteiger partial charge in [0.05, 0.1) is 33.8 Å². The molecular formula is C25H27BrN5O7P. The second-order valence-corrected chi connectivity index (χ2v) is 10.5. The number of nitrogens with two attached hydrogens (primary N) is 1. The molecular weight excluding hydrogens is 593 g/mol. The van der Waals surface area contributed by atoms with Gasteiger partial charge in [-0.25, -0.2) is 4.98 Å². The van der Waals surface area contributed by atoms with Crippen molar-refractivity contribution in [3.63, 3.8) is 0 Å². The van der Waals surface area contributed by atoms with E-state index in [0.717, 1.165) is 10.0 Å². The standard InChI is InChI=1S/C25H27BrN5O7P/c1-34-20-7-6-17(11-21(20)35-2)19(32)13-38-39(37-12-16-4-3-5-18(26)10-16)15-36-9-8-31-14-28-22-23(31)29-25(27)30-24(22)33/h3-7,10-11,14H,8-9,12-13,15H2,1-2H3,(H3,27,29,30,33). The highest BCUT2D eigenvalue weighted by Gasteiger charge is 2.17. The summed E-state index contributed by atoms with van der Waals surface area (Å²) in [5.74, 6) is 0.738. The first-order chi connectivity index (χ1) is 18.9. The van der Waals surface area contributed by atoms with E-state index in [1.54, 1.807) is 22.8 Å². The maximum Gasteiger partial charge on any atom is 0.280 e. The lowest BCUT2D eigenvalue weighted by Crippen LogP contribution is -2.13. The highest BCUT2D eigenvalue weighted by molar-refractivity contribution is 9.10. The number of anilines is 1. The van der Waals surface area contributed by atoms with Crippen LogP contribution in [0.4, 0.5) is 5.95 Å². The molecule has 12 nitrogen and oxygen atoms in total. The van der Waals surface area contributed by atoms with Gasteiger partial charge in [0.1, 0.15) is 13.0 Å². The number of ketones is 1. The van der Waals surface area contributed by atoms with Gasteiger partial charge < -0.3 is 33.6 Å². The van der Waals surface area contributed by atoms with Crippen LogP contribution in [0.2, 0.25) is 0 Å². The summed E-state index contributed by atoms with van der Waals surface area (Å²) in [6.45, 7) is 0.691. The van der Waals surface area contributed by atoms with Crippen molar-refractivity contribution in [3.05, 3.63) is 74.7 Å². The minimum Gasteiger partial charge on any atom is -0.493 e. The summed E-state index contributed by atoms with van der Waals surface area (Å²) in [4.78, 5) is 35.5. The van der Waals surface area contributed by atoms with Crippen molar-refractivity contribution in [2.75, 3.05) is 39.5 Å². The van der Waals surface area contributed by atoms with Gasteiger partial charge in [0.2, 0.25) is 5.95 Å². The zero-order valence-electron chi connectivity index (χ0n) is 21.3. The first-order valence-corrected chi connectivity index (χ1v) is 13.8. The third-order valence-corrected chi connectivity index (χ3v) is 7.20. The van der Waals surface area contributed by atoms with Gasteiger partial charge in [0.15, 0.2) is 36.8 Å². The molecule has 2 heterocycles. The molecule has 2 aromatic heterocycles. The van der Waals surface area contributed by atoms with Crippen LogP contribution in [0.1, 0.15) is 15.9 Å². The molecule has 0 radical (unpaired) electrons. The second-order valence-electron chi connectivity index (χ2n) is 8.10. The number of nitrogens with zero attached hydrogens (tertiary/aromatic N) is 3. The minimum absolute atomic E-state index is 0.00665. The molecule has 0 fully saturated rings. The first-order valence-electron chi connectivity index (χ1n) is 11.7. The van der Waals surface area contributed by atoms with E-state index in [2.05, 4.69) is 30.9 Å². The summed E-state index contributed by atoms with van der Waals surface area (Å²) < 4.78 is 30.8. The molecule has 0 bridgehead atoms. The van der Waals surface area contributed by atoms with E-state index in [-0.39, 0.29) is 43.4 Å². The topological polar surface area (TPSA) is 153 Å². The molecule has 0 saturated heterocycles. The number of imidazole rings is 1. The Kier molecular flexibility index (Phi) is 10.0. The molecule has 206 valence electrons. The van der Waals surface area contributed by atoms with Gasteiger partial charge in [-0.2, -0.15) is 4.98 Å². The number of hydrogen-bond donors (Lipinski definition) is 2. The van der Waals surface area contributed by atoms with Gasteiger partial charge in [0, 0.05) is 16.6 Å². The van der Waals surface area contributed by atoms with Crippen LogP contribution in [-0.2, 0) is 26.9 Å². The smallest absolute Gasteiger partial charge is 0.280 e. The fourth-order valence-corrected chi connectivity index (χ4v) is 5.05. The number of halogens is 1. The second kappa shape index (κ2) is 13.6. The van der Waals surface area contributed by atoms with Crippen molar-refractivity contribution in [3.8, 4) is 11.5 Å². The van der Waals surface area contributed by atoms with Crippen molar-refractivity contribution < 1.29 is 28.1 Å². The lowest BCUT2D eigenvalue weighted by atomic mass is 10.1. The summed E-state index contributed by atoms with van der Waals surface area (Å²) in [5.41, 5.74) is 7.16. The lowest BCUT2D eigenvalue weighted by Gasteiger charge is -2.18. The van der Waals surface area contributed by atoms with Gasteiger partial charge >= 0.3 is 0 Å². The number of benzene rings is 2. The molecule has 0 spiro atoms. The number of Topliss-reactive ketones (excluding diaryl/α,β-unsaturated/α-hetero) is 1. The fourth-order valence-electron chi connectivity index (χ4n) is 3.55. The maximum atomic E-state index is 12.8. The summed E-state index contributed by atoms with van der Waals surface area (Å²) in [6.07, 6.45) is 1.62. The minimum atomic E-state index is -1.58. The zero-order valence-corrected chi connectivity index (χ0v) is 23.7. The number of hydrogen-bond acceptors (Lipinski definition) is 10. The summed E-state index contributed by atoms with van der Waals surface area (Å²) >= 11 is 3.45. The molecule has 0 aliphatic carbocycles. The predicted octanol–water partition coefficient (Wildman–Crippen LogP) is 3.88. The van der Waals surface area contributed by atoms with Gasteiger partial charge in [-0.3, -0.25) is 14.6 Å². The summed E-state index contributed by atoms with van der Waals surface area (Å²) in [7, 11) is 1.45. The molecule has 4 rings (SSSR count). The van der Waals surface area contributed by atoms with Gasteiger partial charge in [-0.1, -0.05) is 28.1 Å². The van der Waals surface area contributed by atoms with Crippen molar-refractivity contribution >= 4 is 47.2 Å². The largest absolute Gasteiger partial charge is 0.493 e. The van der Waals surface area contributed by atoms with Crippen LogP contribution in [0.5, 0.6) is 11.5 Å². The molecule has 14 heteroatoms. The van der Waals surface area contributed by atoms with E-state index >= 15 is 0 Å². The Balaban J connectivity index is 1.37. The Bertz CT molecular complexity index is 1500. The average molecular weight is 620 g/mol. The number of H-pyrrole nitrogens is 1. The van der Waals surface area contributed by atoms with Gasteiger partial charge in [0.25, 0.3) is 5.56 Å². The number of aromatic amines is 1. The van der Waals surface area contributed by atoms with Crippen LogP contribution in [0.15, 0.2) is 58.1 Å². The number of carbonyl (C=O) groups excluding carboxylic acids is 1. The van der Waals surface area contributed by atoms with Crippen LogP contribution >= 0.6 is 24.3 Å². The number of carbonyl (C=O) groups is 1. The van der Waals surface area contributed by atoms with Crippen LogP contribution in [-0.4, -0.2) is 59.1 Å². The number of rotatable bonds is 14. The van der Waals surface area contributed by atoms with E-state index in [4.69, 9.17) is 29.0 Å². The van der Waals surface area contributed by atoms with Crippen LogP contribution < -0.4 is 20.8 Å². The van der Waals surface area contributed by atoms with Gasteiger partial charge in [-0.15, -0.1) is 0 Å². The Morgan fingerprint density at radius 3 is 2.72 bits per heavy atom. The van der Waals surface area contributed by atoms with Crippen molar-refractivity contribution in [2.45, 2.75) is 13.2 Å². The molecule has 3 N–H and O–H groups in total. The molecule has 2 aromatic carbocycles. The molecule has 0 aliphatic rings. The zero-order chi connectivity index (χ0) is 27.8. The van der Waals surface area contributed by atoms with E-state index in [1.165, 1.54) is 20.5 Å². The molecule has 1 unspecified atom stereocenters. The Hall–Kier alpha value is -3.35. The number of methoxy groups -OCH3 is 2. The summed E-state index contributed by atoms with van der Waals surface area (Å²) in [5, 5.41) is 0. The number of ether oxygens (including phenoxy) is 3. The quantitative estimate of drug-likeness (QED) is 0.121. The molecule has 4 aromatic rings. The Morgan fingerprint density at radius 1 is 1.13 bits per heavy atom. The van der Waals surface area contributed by atoms with E-state index < -0.39 is 13.9 Å². The molecule has 0 amide bonds. The van der Waals surface area contributed by atoms with E-state index in [9.17, 15) is 9.59 Å². The average Bonchev–Trinajstić information content (AvgIpc) is 3.34. The number of aromatic nitrogens is 4. The summed E-state index contributed by atoms with van der Waals surface area (Å²) in [6, 6.07) is 12.6. The number of fused-ring (bicyclic) bond motifs is 1. The molecule has 39 heavy (non-hydrogen) atoms. The Morgan fingerprint density at radius 2 is 1.95 bits per heavy atom. The van der Waals surface area contributed by atoms with Crippen LogP contribution in [0.25, 0.3) is 11.2 Å². The normalized spacial score (nSPS) is 12.0. The third-order valence-electron chi connectivity index (χ3n) is 5.48. The van der Waals surface area contributed by atoms with Crippen LogP contribution in [0, 0.1) is 0 Å². The lowest BCUT2D eigenvalue weighted by molar-refractivity contribution is 0.0896. The van der Waals surface area contributed by atoms with Crippen molar-refractivity contribution in [1.29, 1.82) is 0 Å². The molecule has 0 saturated carbocycles. The molecule has 1 atom stereocenters. The van der Waals surface area contributed by atoms with E-state index in [1.807, 2.05) is 24.3 Å². The van der Waals surface area contributed by atoms with E-state index in [0.29, 0.717) is 29.3 Å². The third kappa shape index (κ3) is 7.61. The SMILES string of the molecule is COc1ccc(C(=O)COP(COCCn2cnc3c(=O)[nH]c(N)nc32)OCc2cccc(Br)c2)cc1OC. The van der Waals surface area contributed by atoms with Gasteiger partial charge in [-0.05, 0) is 35.9 Å². The van der Waals surface area contributed by atoms with Crippen molar-refractivity contribution in [1.82, 2.24) is 19.5 Å². The predicted molar refractivity (Wildman–Crippen MR) is 149 cm³/mol. The first kappa shape index (κ1) is 28.7. The number of nitrogen functional groups attached to an aromatic ring is 1. The maximum absolute atomic E-state index is 12.8. The highest BCUT2D eigenvalue weighted by Crippen LogP contribution is 2.40. The van der Waals surface area contributed by atoms with Crippen molar-refractivity contribution in [2.24, 2.45) is 0 Å². The monoisotopic (exact) mass is 619 g/mol. The van der Waals surface area contributed by atoms with Crippen LogP contribution in [0.3, 0.4) is 0 Å². The Labute approximate surface area is 233 Å². The number of nitrogens with one attached hydrogen (secondary N) is 1.